The van der Waals surface area contributed by atoms with Crippen molar-refractivity contribution in [1.82, 2.24) is 9.55 Å². The summed E-state index contributed by atoms with van der Waals surface area (Å²) in [5.74, 6) is -0.602. The van der Waals surface area contributed by atoms with Crippen molar-refractivity contribution in [3.05, 3.63) is 62.4 Å². The summed E-state index contributed by atoms with van der Waals surface area (Å²) in [6.45, 7) is 2.55. The Balaban J connectivity index is 1.57. The molecule has 0 saturated carbocycles. The number of pyridine rings is 2. The summed E-state index contributed by atoms with van der Waals surface area (Å²) >= 11 is 0. The molecule has 2 aromatic heterocycles. The van der Waals surface area contributed by atoms with Crippen LogP contribution in [0.25, 0.3) is 22.3 Å². The third-order valence-electron chi connectivity index (χ3n) is 6.79. The summed E-state index contributed by atoms with van der Waals surface area (Å²) < 4.78 is 7.07. The minimum atomic E-state index is -0.367. The Morgan fingerprint density at radius 2 is 1.83 bits per heavy atom. The van der Waals surface area contributed by atoms with Gasteiger partial charge in [-0.3, -0.25) is 9.59 Å². The van der Waals surface area contributed by atoms with Gasteiger partial charge in [-0.25, -0.2) is 4.98 Å². The van der Waals surface area contributed by atoms with Gasteiger partial charge in [0.15, 0.2) is 0 Å². The Bertz CT molecular complexity index is 1270. The Labute approximate surface area is 168 Å². The molecule has 1 aromatic carbocycles. The van der Waals surface area contributed by atoms with Crippen LogP contribution in [-0.2, 0) is 35.5 Å². The fourth-order valence-corrected chi connectivity index (χ4v) is 5.24. The third kappa shape index (κ3) is 2.36. The fourth-order valence-electron chi connectivity index (χ4n) is 5.24. The highest BCUT2D eigenvalue weighted by molar-refractivity contribution is 5.86. The van der Waals surface area contributed by atoms with Gasteiger partial charge in [0.1, 0.15) is 6.61 Å². The predicted octanol–water partition coefficient (Wildman–Crippen LogP) is 3.85. The molecule has 0 saturated heterocycles. The summed E-state index contributed by atoms with van der Waals surface area (Å²) in [5.41, 5.74) is 8.01. The summed E-state index contributed by atoms with van der Waals surface area (Å²) in [4.78, 5) is 30.4. The Morgan fingerprint density at radius 3 is 2.62 bits per heavy atom. The monoisotopic (exact) mass is 386 g/mol. The molecule has 5 nitrogen and oxygen atoms in total. The van der Waals surface area contributed by atoms with Crippen molar-refractivity contribution in [2.75, 3.05) is 0 Å². The molecule has 29 heavy (non-hydrogen) atoms. The maximum absolute atomic E-state index is 13.2. The van der Waals surface area contributed by atoms with Crippen LogP contribution in [0.2, 0.25) is 0 Å². The highest BCUT2D eigenvalue weighted by Gasteiger charge is 2.34. The maximum Gasteiger partial charge on any atom is 0.313 e. The number of aromatic nitrogens is 2. The number of hydrogen-bond donors (Lipinski definition) is 0. The zero-order valence-electron chi connectivity index (χ0n) is 16.5. The van der Waals surface area contributed by atoms with Gasteiger partial charge in [-0.2, -0.15) is 0 Å². The highest BCUT2D eigenvalue weighted by atomic mass is 16.5. The lowest BCUT2D eigenvalue weighted by atomic mass is 9.89. The van der Waals surface area contributed by atoms with Crippen LogP contribution in [0.5, 0.6) is 0 Å². The van der Waals surface area contributed by atoms with Crippen molar-refractivity contribution >= 4 is 16.9 Å². The summed E-state index contributed by atoms with van der Waals surface area (Å²) in [7, 11) is 0. The molecular formula is C24H22N2O3. The third-order valence-corrected chi connectivity index (χ3v) is 6.79. The van der Waals surface area contributed by atoms with E-state index in [1.54, 1.807) is 4.57 Å². The summed E-state index contributed by atoms with van der Waals surface area (Å²) in [6.07, 6.45) is 5.37. The Kier molecular flexibility index (Phi) is 3.52. The first-order chi connectivity index (χ1) is 14.1. The first-order valence-electron chi connectivity index (χ1n) is 10.5. The average Bonchev–Trinajstić information content (AvgIpc) is 3.08. The molecule has 0 bridgehead atoms. The number of aryl methyl sites for hydroxylation is 2. The van der Waals surface area contributed by atoms with E-state index in [9.17, 15) is 9.59 Å². The van der Waals surface area contributed by atoms with Crippen molar-refractivity contribution in [3.63, 3.8) is 0 Å². The lowest BCUT2D eigenvalue weighted by Gasteiger charge is -2.24. The number of rotatable bonds is 1. The van der Waals surface area contributed by atoms with Crippen molar-refractivity contribution in [3.8, 4) is 11.4 Å². The molecule has 0 spiro atoms. The number of benzene rings is 1. The van der Waals surface area contributed by atoms with E-state index in [1.165, 1.54) is 24.0 Å². The number of cyclic esters (lactones) is 1. The molecule has 5 heteroatoms. The second-order valence-corrected chi connectivity index (χ2v) is 8.44. The molecule has 1 unspecified atom stereocenters. The molecule has 1 aliphatic carbocycles. The second kappa shape index (κ2) is 6.02. The molecule has 0 amide bonds. The van der Waals surface area contributed by atoms with Gasteiger partial charge >= 0.3 is 5.97 Å². The largest absolute Gasteiger partial charge is 0.460 e. The van der Waals surface area contributed by atoms with E-state index in [1.807, 2.05) is 13.0 Å². The van der Waals surface area contributed by atoms with E-state index in [4.69, 9.17) is 9.72 Å². The first kappa shape index (κ1) is 17.0. The molecule has 2 aliphatic heterocycles. The van der Waals surface area contributed by atoms with Crippen LogP contribution < -0.4 is 5.56 Å². The van der Waals surface area contributed by atoms with Crippen LogP contribution in [0.1, 0.15) is 59.9 Å². The first-order valence-corrected chi connectivity index (χ1v) is 10.5. The van der Waals surface area contributed by atoms with Crippen molar-refractivity contribution in [2.45, 2.75) is 58.1 Å². The number of carbonyl (C=O) groups excluding carboxylic acids is 1. The van der Waals surface area contributed by atoms with Crippen molar-refractivity contribution in [1.29, 1.82) is 0 Å². The quantitative estimate of drug-likeness (QED) is 0.466. The van der Waals surface area contributed by atoms with Gasteiger partial charge in [0.25, 0.3) is 5.56 Å². The number of carbonyl (C=O) groups is 1. The standard InChI is InChI=1S/C24H22N2O3/c1-2-17-18-10-21-22-16(11-26(21)23(27)19(18)12-29-24(17)28)8-15-7-13-5-3-4-6-14(13)9-20(15)25-22/h7-10,17H,2-6,11-12H2,1H3. The van der Waals surface area contributed by atoms with Crippen LogP contribution in [0.3, 0.4) is 0 Å². The molecule has 4 heterocycles. The number of esters is 1. The second-order valence-electron chi connectivity index (χ2n) is 8.44. The molecule has 146 valence electrons. The predicted molar refractivity (Wildman–Crippen MR) is 110 cm³/mol. The van der Waals surface area contributed by atoms with E-state index >= 15 is 0 Å². The number of hydrogen-bond acceptors (Lipinski definition) is 4. The van der Waals surface area contributed by atoms with Crippen LogP contribution in [0, 0.1) is 0 Å². The normalized spacial score (nSPS) is 19.3. The van der Waals surface area contributed by atoms with E-state index in [0.29, 0.717) is 18.5 Å². The lowest BCUT2D eigenvalue weighted by Crippen LogP contribution is -2.32. The molecule has 3 aliphatic rings. The molecule has 1 atom stereocenters. The van der Waals surface area contributed by atoms with Crippen LogP contribution in [0.15, 0.2) is 29.1 Å². The number of nitrogens with zero attached hydrogens (tertiary/aromatic N) is 2. The molecular weight excluding hydrogens is 364 g/mol. The van der Waals surface area contributed by atoms with Gasteiger partial charge in [-0.1, -0.05) is 6.92 Å². The SMILES string of the molecule is CCC1C(=O)OCc2c1cc1n(c2=O)Cc2cc3cc4c(cc3nc2-1)CCCC4. The summed E-state index contributed by atoms with van der Waals surface area (Å²) in [6, 6.07) is 8.72. The fraction of sp³-hybridized carbons (Fsp3) is 0.375. The Morgan fingerprint density at radius 1 is 1.07 bits per heavy atom. The zero-order chi connectivity index (χ0) is 19.7. The molecule has 0 radical (unpaired) electrons. The zero-order valence-corrected chi connectivity index (χ0v) is 16.5. The van der Waals surface area contributed by atoms with Gasteiger partial charge in [0, 0.05) is 10.9 Å². The van der Waals surface area contributed by atoms with E-state index in [0.717, 1.165) is 46.3 Å². The number of ether oxygens (including phenoxy) is 1. The van der Waals surface area contributed by atoms with Crippen LogP contribution in [0.4, 0.5) is 0 Å². The smallest absolute Gasteiger partial charge is 0.313 e. The molecule has 3 aromatic rings. The minimum absolute atomic E-state index is 0.0511. The van der Waals surface area contributed by atoms with E-state index in [2.05, 4.69) is 18.2 Å². The Hall–Kier alpha value is -2.95. The topological polar surface area (TPSA) is 61.2 Å². The average molecular weight is 386 g/mol. The lowest BCUT2D eigenvalue weighted by molar-refractivity contribution is -0.148. The minimum Gasteiger partial charge on any atom is -0.460 e. The van der Waals surface area contributed by atoms with Gasteiger partial charge < -0.3 is 9.30 Å². The number of fused-ring (bicyclic) bond motifs is 6. The van der Waals surface area contributed by atoms with Gasteiger partial charge in [-0.15, -0.1) is 0 Å². The van der Waals surface area contributed by atoms with Gasteiger partial charge in [0.2, 0.25) is 0 Å². The highest BCUT2D eigenvalue weighted by Crippen LogP contribution is 2.37. The molecule has 0 fully saturated rings. The van der Waals surface area contributed by atoms with E-state index in [-0.39, 0.29) is 24.1 Å². The maximum atomic E-state index is 13.2. The van der Waals surface area contributed by atoms with Crippen LogP contribution in [-0.4, -0.2) is 15.5 Å². The van der Waals surface area contributed by atoms with Crippen LogP contribution >= 0.6 is 0 Å². The van der Waals surface area contributed by atoms with E-state index < -0.39 is 0 Å². The van der Waals surface area contributed by atoms with Crippen molar-refractivity contribution < 1.29 is 9.53 Å². The van der Waals surface area contributed by atoms with Gasteiger partial charge in [-0.05, 0) is 73.1 Å². The van der Waals surface area contributed by atoms with Crippen molar-refractivity contribution in [2.24, 2.45) is 0 Å². The summed E-state index contributed by atoms with van der Waals surface area (Å²) in [5, 5.41) is 1.15. The molecule has 0 N–H and O–H groups in total. The molecule has 6 rings (SSSR count). The van der Waals surface area contributed by atoms with Gasteiger partial charge in [0.05, 0.1) is 34.9 Å².